The minimum absolute atomic E-state index is 0. The van der Waals surface area contributed by atoms with Gasteiger partial charge in [-0.15, -0.1) is 12.4 Å². The molecule has 1 aliphatic heterocycles. The Labute approximate surface area is 130 Å². The van der Waals surface area contributed by atoms with Gasteiger partial charge in [-0.3, -0.25) is 4.98 Å². The summed E-state index contributed by atoms with van der Waals surface area (Å²) in [4.78, 5) is 4.35. The largest absolute Gasteiger partial charge is 0.315 e. The molecule has 0 amide bonds. The van der Waals surface area contributed by atoms with Crippen LogP contribution >= 0.6 is 12.4 Å². The Hall–Kier alpha value is -1.21. The summed E-state index contributed by atoms with van der Waals surface area (Å²) < 4.78 is 27.9. The number of nitrogens with one attached hydrogen (secondary N) is 2. The number of halogens is 1. The van der Waals surface area contributed by atoms with Gasteiger partial charge in [-0.1, -0.05) is 12.1 Å². The van der Waals surface area contributed by atoms with Crippen molar-refractivity contribution in [1.82, 2.24) is 15.0 Å². The zero-order valence-electron chi connectivity index (χ0n) is 11.5. The first-order valence-corrected chi connectivity index (χ1v) is 8.21. The summed E-state index contributed by atoms with van der Waals surface area (Å²) in [6, 6.07) is 6.95. The first-order valence-electron chi connectivity index (χ1n) is 6.72. The maximum absolute atomic E-state index is 12.6. The molecule has 1 atom stereocenters. The molecule has 2 aromatic rings. The predicted octanol–water partition coefficient (Wildman–Crippen LogP) is 1.69. The lowest BCUT2D eigenvalue weighted by Gasteiger charge is -2.23. The molecule has 0 unspecified atom stereocenters. The van der Waals surface area contributed by atoms with Crippen molar-refractivity contribution in [3.8, 4) is 0 Å². The van der Waals surface area contributed by atoms with Gasteiger partial charge in [0.2, 0.25) is 10.0 Å². The monoisotopic (exact) mass is 327 g/mol. The van der Waals surface area contributed by atoms with Crippen molar-refractivity contribution in [2.75, 3.05) is 13.1 Å². The molecule has 5 nitrogen and oxygen atoms in total. The highest BCUT2D eigenvalue weighted by Gasteiger charge is 2.23. The van der Waals surface area contributed by atoms with E-state index in [1.54, 1.807) is 30.6 Å². The zero-order chi connectivity index (χ0) is 14.0. The van der Waals surface area contributed by atoms with Gasteiger partial charge in [-0.25, -0.2) is 13.1 Å². The molecule has 2 heterocycles. The third-order valence-electron chi connectivity index (χ3n) is 3.55. The molecule has 0 bridgehead atoms. The van der Waals surface area contributed by atoms with Crippen LogP contribution in [0, 0.1) is 0 Å². The molecule has 0 aliphatic carbocycles. The lowest BCUT2D eigenvalue weighted by atomic mass is 10.1. The Morgan fingerprint density at radius 3 is 2.90 bits per heavy atom. The van der Waals surface area contributed by atoms with Crippen LogP contribution in [0.25, 0.3) is 10.8 Å². The van der Waals surface area contributed by atoms with Crippen LogP contribution in [0.3, 0.4) is 0 Å². The van der Waals surface area contributed by atoms with E-state index in [4.69, 9.17) is 0 Å². The molecule has 2 N–H and O–H groups in total. The molecule has 0 saturated carbocycles. The van der Waals surface area contributed by atoms with Crippen molar-refractivity contribution in [1.29, 1.82) is 0 Å². The average Bonchev–Trinajstić information content (AvgIpc) is 2.47. The zero-order valence-corrected chi connectivity index (χ0v) is 13.1. The molecular weight excluding hydrogens is 310 g/mol. The van der Waals surface area contributed by atoms with Crippen LogP contribution in [0.5, 0.6) is 0 Å². The average molecular weight is 328 g/mol. The second-order valence-electron chi connectivity index (χ2n) is 5.02. The Morgan fingerprint density at radius 2 is 2.14 bits per heavy atom. The highest BCUT2D eigenvalue weighted by molar-refractivity contribution is 7.89. The smallest absolute Gasteiger partial charge is 0.241 e. The Morgan fingerprint density at radius 1 is 1.29 bits per heavy atom. The van der Waals surface area contributed by atoms with Gasteiger partial charge in [0.15, 0.2) is 0 Å². The third-order valence-corrected chi connectivity index (χ3v) is 5.13. The number of pyridine rings is 1. The highest BCUT2D eigenvalue weighted by Crippen LogP contribution is 2.22. The minimum atomic E-state index is -3.50. The van der Waals surface area contributed by atoms with Crippen molar-refractivity contribution in [2.45, 2.75) is 23.8 Å². The van der Waals surface area contributed by atoms with Crippen molar-refractivity contribution >= 4 is 33.2 Å². The lowest BCUT2D eigenvalue weighted by Crippen LogP contribution is -2.45. The van der Waals surface area contributed by atoms with E-state index in [1.807, 2.05) is 6.07 Å². The number of sulfonamides is 1. The SMILES string of the molecule is Cl.O=S(=O)(N[C@H]1CCCNC1)c1cccc2cnccc12. The maximum atomic E-state index is 12.6. The van der Waals surface area contributed by atoms with Crippen LogP contribution in [-0.2, 0) is 10.0 Å². The molecule has 3 rings (SSSR count). The molecule has 21 heavy (non-hydrogen) atoms. The summed E-state index contributed by atoms with van der Waals surface area (Å²) in [5, 5.41) is 4.75. The normalized spacial score (nSPS) is 19.1. The molecule has 0 spiro atoms. The molecule has 1 fully saturated rings. The summed E-state index contributed by atoms with van der Waals surface area (Å²) in [7, 11) is -3.50. The Balaban J connectivity index is 0.00000161. The van der Waals surface area contributed by atoms with Crippen LogP contribution in [0.2, 0.25) is 0 Å². The molecule has 1 aliphatic rings. The van der Waals surface area contributed by atoms with Crippen LogP contribution in [0.4, 0.5) is 0 Å². The fourth-order valence-electron chi connectivity index (χ4n) is 2.56. The van der Waals surface area contributed by atoms with Gasteiger partial charge in [0.25, 0.3) is 0 Å². The van der Waals surface area contributed by atoms with E-state index >= 15 is 0 Å². The highest BCUT2D eigenvalue weighted by atomic mass is 35.5. The van der Waals surface area contributed by atoms with Gasteiger partial charge in [0, 0.05) is 35.8 Å². The lowest BCUT2D eigenvalue weighted by molar-refractivity contribution is 0.429. The molecular formula is C14H18ClN3O2S. The van der Waals surface area contributed by atoms with E-state index in [9.17, 15) is 8.42 Å². The number of piperidine rings is 1. The molecule has 114 valence electrons. The van der Waals surface area contributed by atoms with Crippen LogP contribution in [0.1, 0.15) is 12.8 Å². The summed E-state index contributed by atoms with van der Waals surface area (Å²) in [5.41, 5.74) is 0. The van der Waals surface area contributed by atoms with E-state index in [0.717, 1.165) is 24.8 Å². The van der Waals surface area contributed by atoms with Gasteiger partial charge in [0.1, 0.15) is 0 Å². The van der Waals surface area contributed by atoms with Crippen molar-refractivity contribution in [3.05, 3.63) is 36.7 Å². The minimum Gasteiger partial charge on any atom is -0.315 e. The molecule has 0 radical (unpaired) electrons. The van der Waals surface area contributed by atoms with Gasteiger partial charge in [-0.2, -0.15) is 0 Å². The quantitative estimate of drug-likeness (QED) is 0.900. The molecule has 1 aromatic carbocycles. The Kier molecular flexibility index (Phi) is 5.16. The summed E-state index contributed by atoms with van der Waals surface area (Å²) in [6.45, 7) is 1.64. The van der Waals surface area contributed by atoms with Gasteiger partial charge < -0.3 is 5.32 Å². The standard InChI is InChI=1S/C14H17N3O2S.ClH/c18-20(19,17-12-4-2-7-15-10-12)14-5-1-3-11-9-16-8-6-13(11)14;/h1,3,5-6,8-9,12,15,17H,2,4,7,10H2;1H/t12-;/m0./s1. The first kappa shape index (κ1) is 16.2. The van der Waals surface area contributed by atoms with Crippen LogP contribution in [-0.4, -0.2) is 32.5 Å². The molecule has 7 heteroatoms. The number of rotatable bonds is 3. The summed E-state index contributed by atoms with van der Waals surface area (Å²) >= 11 is 0. The van der Waals surface area contributed by atoms with E-state index in [2.05, 4.69) is 15.0 Å². The maximum Gasteiger partial charge on any atom is 0.241 e. The van der Waals surface area contributed by atoms with Crippen LogP contribution < -0.4 is 10.0 Å². The number of fused-ring (bicyclic) bond motifs is 1. The number of benzene rings is 1. The topological polar surface area (TPSA) is 71.1 Å². The predicted molar refractivity (Wildman–Crippen MR) is 85.2 cm³/mol. The van der Waals surface area contributed by atoms with Crippen molar-refractivity contribution in [3.63, 3.8) is 0 Å². The van der Waals surface area contributed by atoms with E-state index in [-0.39, 0.29) is 18.4 Å². The second-order valence-corrected chi connectivity index (χ2v) is 6.70. The molecule has 1 aromatic heterocycles. The van der Waals surface area contributed by atoms with Crippen LogP contribution in [0.15, 0.2) is 41.6 Å². The van der Waals surface area contributed by atoms with E-state index in [0.29, 0.717) is 16.8 Å². The van der Waals surface area contributed by atoms with E-state index < -0.39 is 10.0 Å². The Bertz CT molecular complexity index is 710. The first-order chi connectivity index (χ1) is 9.67. The molecule has 1 saturated heterocycles. The van der Waals surface area contributed by atoms with Gasteiger partial charge in [0.05, 0.1) is 4.90 Å². The summed E-state index contributed by atoms with van der Waals surface area (Å²) in [5.74, 6) is 0. The number of nitrogens with zero attached hydrogens (tertiary/aromatic N) is 1. The fraction of sp³-hybridized carbons (Fsp3) is 0.357. The van der Waals surface area contributed by atoms with E-state index in [1.165, 1.54) is 0 Å². The van der Waals surface area contributed by atoms with Gasteiger partial charge in [-0.05, 0) is 31.5 Å². The second kappa shape index (κ2) is 6.70. The number of hydrogen-bond donors (Lipinski definition) is 2. The fourth-order valence-corrected chi connectivity index (χ4v) is 4.06. The number of hydrogen-bond acceptors (Lipinski definition) is 4. The van der Waals surface area contributed by atoms with Crippen molar-refractivity contribution in [2.24, 2.45) is 0 Å². The summed E-state index contributed by atoms with van der Waals surface area (Å²) in [6.07, 6.45) is 5.16. The van der Waals surface area contributed by atoms with Gasteiger partial charge >= 0.3 is 0 Å². The van der Waals surface area contributed by atoms with Crippen molar-refractivity contribution < 1.29 is 8.42 Å². The number of aromatic nitrogens is 1. The third kappa shape index (κ3) is 3.52.